The van der Waals surface area contributed by atoms with Crippen molar-refractivity contribution in [2.24, 2.45) is 0 Å². The second kappa shape index (κ2) is 10.9. The van der Waals surface area contributed by atoms with Gasteiger partial charge in [-0.15, -0.1) is 0 Å². The molecule has 0 spiro atoms. The number of rotatable bonds is 7. The molecule has 0 N–H and O–H groups in total. The van der Waals surface area contributed by atoms with Crippen LogP contribution in [0.5, 0.6) is 5.88 Å². The molecule has 1 aromatic heterocycles. The van der Waals surface area contributed by atoms with Crippen molar-refractivity contribution in [1.82, 2.24) is 9.55 Å². The van der Waals surface area contributed by atoms with Crippen molar-refractivity contribution in [3.63, 3.8) is 0 Å². The van der Waals surface area contributed by atoms with E-state index in [1.165, 1.54) is 12.1 Å². The average molecular weight is 591 g/mol. The fourth-order valence-electron chi connectivity index (χ4n) is 3.92. The topological polar surface area (TPSA) is 78.3 Å². The van der Waals surface area contributed by atoms with Crippen LogP contribution in [0.4, 0.5) is 13.2 Å². The summed E-state index contributed by atoms with van der Waals surface area (Å²) in [6.07, 6.45) is -5.17. The molecule has 3 aromatic rings. The first-order valence-electron chi connectivity index (χ1n) is 11.7. The smallest absolute Gasteiger partial charge is 0.358 e. The Morgan fingerprint density at radius 3 is 1.95 bits per heavy atom. The van der Waals surface area contributed by atoms with Gasteiger partial charge in [0.05, 0.1) is 21.8 Å². The Morgan fingerprint density at radius 2 is 1.47 bits per heavy atom. The van der Waals surface area contributed by atoms with Crippen LogP contribution in [0.15, 0.2) is 46.1 Å². The molecule has 2 aromatic carbocycles. The van der Waals surface area contributed by atoms with Gasteiger partial charge < -0.3 is 4.18 Å². The molecule has 0 saturated heterocycles. The van der Waals surface area contributed by atoms with E-state index in [0.717, 1.165) is 11.6 Å². The molecule has 0 bridgehead atoms. The van der Waals surface area contributed by atoms with Crippen LogP contribution in [0.3, 0.4) is 0 Å². The van der Waals surface area contributed by atoms with Gasteiger partial charge in [0.1, 0.15) is 4.90 Å². The third kappa shape index (κ3) is 6.02. The van der Waals surface area contributed by atoms with Crippen LogP contribution in [0.2, 0.25) is 10.0 Å². The van der Waals surface area contributed by atoms with Crippen molar-refractivity contribution >= 4 is 33.3 Å². The van der Waals surface area contributed by atoms with E-state index in [1.807, 2.05) is 13.8 Å². The average Bonchev–Trinajstić information content (AvgIpc) is 2.79. The second-order valence-corrected chi connectivity index (χ2v) is 12.0. The Bertz CT molecular complexity index is 1500. The van der Waals surface area contributed by atoms with E-state index in [4.69, 9.17) is 27.4 Å². The summed E-state index contributed by atoms with van der Waals surface area (Å²) in [4.78, 5) is 16.2. The Labute approximate surface area is 229 Å². The summed E-state index contributed by atoms with van der Waals surface area (Å²) in [6.45, 7) is 11.2. The van der Waals surface area contributed by atoms with E-state index >= 15 is 0 Å². The van der Waals surface area contributed by atoms with Crippen molar-refractivity contribution in [2.45, 2.75) is 70.4 Å². The lowest BCUT2D eigenvalue weighted by Crippen LogP contribution is -2.29. The highest BCUT2D eigenvalue weighted by molar-refractivity contribution is 7.87. The largest absolute Gasteiger partial charge is 0.450 e. The summed E-state index contributed by atoms with van der Waals surface area (Å²) in [6, 6.07) is 7.88. The lowest BCUT2D eigenvalue weighted by atomic mass is 9.89. The second-order valence-electron chi connectivity index (χ2n) is 9.69. The van der Waals surface area contributed by atoms with E-state index in [1.54, 1.807) is 39.8 Å². The number of aromatic nitrogens is 2. The van der Waals surface area contributed by atoms with Crippen LogP contribution in [-0.4, -0.2) is 18.0 Å². The molecule has 0 aliphatic carbocycles. The van der Waals surface area contributed by atoms with Gasteiger partial charge >= 0.3 is 16.3 Å². The van der Waals surface area contributed by atoms with E-state index in [-0.39, 0.29) is 42.9 Å². The van der Waals surface area contributed by atoms with Gasteiger partial charge in [-0.25, -0.2) is 0 Å². The molecule has 3 rings (SSSR count). The molecule has 206 valence electrons. The van der Waals surface area contributed by atoms with Gasteiger partial charge in [-0.1, -0.05) is 82.9 Å². The first-order valence-corrected chi connectivity index (χ1v) is 13.9. The summed E-state index contributed by atoms with van der Waals surface area (Å²) >= 11 is 12.0. The van der Waals surface area contributed by atoms with Crippen molar-refractivity contribution in [1.29, 1.82) is 0 Å². The summed E-state index contributed by atoms with van der Waals surface area (Å²) in [5.74, 6) is -3.14. The molecule has 6 nitrogen and oxygen atoms in total. The van der Waals surface area contributed by atoms with E-state index in [2.05, 4.69) is 4.98 Å². The maximum atomic E-state index is 14.0. The first-order chi connectivity index (χ1) is 17.5. The highest BCUT2D eigenvalue weighted by Crippen LogP contribution is 2.37. The summed E-state index contributed by atoms with van der Waals surface area (Å²) in [7, 11) is -4.70. The quantitative estimate of drug-likeness (QED) is 0.263. The van der Waals surface area contributed by atoms with Gasteiger partial charge in [-0.2, -0.15) is 26.6 Å². The minimum absolute atomic E-state index is 0.0839. The molecule has 12 heteroatoms. The zero-order valence-corrected chi connectivity index (χ0v) is 23.8. The number of nitrogens with zero attached hydrogens (tertiary/aromatic N) is 2. The fraction of sp³-hybridized carbons (Fsp3) is 0.385. The number of alkyl halides is 3. The summed E-state index contributed by atoms with van der Waals surface area (Å²) in [5, 5.41) is -0.391. The Balaban J connectivity index is 2.26. The maximum absolute atomic E-state index is 14.0. The van der Waals surface area contributed by atoms with Crippen molar-refractivity contribution < 1.29 is 25.8 Å². The van der Waals surface area contributed by atoms with Gasteiger partial charge in [-0.05, 0) is 46.6 Å². The van der Waals surface area contributed by atoms with Gasteiger partial charge in [-0.3, -0.25) is 9.36 Å². The standard InChI is InChI=1S/C26H27Cl2F3N2O4S/c1-13(2)16-10-17(14(3)4)24(18(11-16)15(5)6)38(35,36)37-21-12-22(34)33(25(32-21)26(29,30)31)20-9-7-8-19(27)23(20)28/h7-15H,1-6H3. The first kappa shape index (κ1) is 30.0. The molecule has 0 radical (unpaired) electrons. The summed E-state index contributed by atoms with van der Waals surface area (Å²) in [5.41, 5.74) is 0.191. The normalized spacial score (nSPS) is 12.6. The van der Waals surface area contributed by atoms with Crippen LogP contribution in [0, 0.1) is 0 Å². The molecule has 38 heavy (non-hydrogen) atoms. The molecule has 0 unspecified atom stereocenters. The monoisotopic (exact) mass is 590 g/mol. The molecule has 0 fully saturated rings. The van der Waals surface area contributed by atoms with E-state index < -0.39 is 33.6 Å². The zero-order chi connectivity index (χ0) is 28.7. The maximum Gasteiger partial charge on any atom is 0.450 e. The van der Waals surface area contributed by atoms with Crippen LogP contribution in [0.25, 0.3) is 5.69 Å². The predicted octanol–water partition coefficient (Wildman–Crippen LogP) is 7.70. The molecule has 0 amide bonds. The molecule has 0 aliphatic heterocycles. The van der Waals surface area contributed by atoms with Crippen molar-refractivity contribution in [3.8, 4) is 11.6 Å². The van der Waals surface area contributed by atoms with Crippen LogP contribution >= 0.6 is 23.2 Å². The third-order valence-corrected chi connectivity index (χ3v) is 8.02. The van der Waals surface area contributed by atoms with Gasteiger partial charge in [0.25, 0.3) is 5.56 Å². The zero-order valence-electron chi connectivity index (χ0n) is 21.5. The third-order valence-electron chi connectivity index (χ3n) is 5.85. The van der Waals surface area contributed by atoms with Crippen LogP contribution < -0.4 is 9.74 Å². The molecule has 0 aliphatic rings. The Morgan fingerprint density at radius 1 is 0.921 bits per heavy atom. The number of benzene rings is 2. The van der Waals surface area contributed by atoms with E-state index in [9.17, 15) is 26.4 Å². The molecule has 1 heterocycles. The Hall–Kier alpha value is -2.56. The number of hydrogen-bond donors (Lipinski definition) is 0. The predicted molar refractivity (Wildman–Crippen MR) is 141 cm³/mol. The Kier molecular flexibility index (Phi) is 8.60. The molecular formula is C26H27Cl2F3N2O4S. The lowest BCUT2D eigenvalue weighted by molar-refractivity contribution is -0.147. The van der Waals surface area contributed by atoms with Gasteiger partial charge in [0.2, 0.25) is 11.7 Å². The van der Waals surface area contributed by atoms with Crippen LogP contribution in [-0.2, 0) is 16.3 Å². The number of halogens is 5. The lowest BCUT2D eigenvalue weighted by Gasteiger charge is -2.22. The van der Waals surface area contributed by atoms with Crippen molar-refractivity contribution in [3.05, 3.63) is 79.3 Å². The van der Waals surface area contributed by atoms with Crippen molar-refractivity contribution in [2.75, 3.05) is 0 Å². The summed E-state index contributed by atoms with van der Waals surface area (Å²) < 4.78 is 74.6. The van der Waals surface area contributed by atoms with E-state index in [0.29, 0.717) is 17.2 Å². The number of hydrogen-bond acceptors (Lipinski definition) is 5. The minimum atomic E-state index is -5.17. The van der Waals surface area contributed by atoms with Gasteiger partial charge in [0, 0.05) is 0 Å². The fourth-order valence-corrected chi connectivity index (χ4v) is 5.86. The molecular weight excluding hydrogens is 564 g/mol. The van der Waals surface area contributed by atoms with Gasteiger partial charge in [0.15, 0.2) is 0 Å². The highest BCUT2D eigenvalue weighted by atomic mass is 35.5. The minimum Gasteiger partial charge on any atom is -0.358 e. The highest BCUT2D eigenvalue weighted by Gasteiger charge is 2.39. The van der Waals surface area contributed by atoms with Crippen LogP contribution in [0.1, 0.15) is 81.8 Å². The SMILES string of the molecule is CC(C)c1cc(C(C)C)c(S(=O)(=O)Oc2cc(=O)n(-c3cccc(Cl)c3Cl)c(C(F)(F)F)n2)c(C(C)C)c1. The molecule has 0 saturated carbocycles. The molecule has 0 atom stereocenters.